The number of carbonyl (C=O) groups excluding carboxylic acids is 1. The molecule has 0 aliphatic heterocycles. The Bertz CT molecular complexity index is 1110. The third kappa shape index (κ3) is 3.32. The molecule has 0 fully saturated rings. The van der Waals surface area contributed by atoms with Gasteiger partial charge in [0, 0.05) is 29.7 Å². The van der Waals surface area contributed by atoms with Gasteiger partial charge in [0.25, 0.3) is 5.91 Å². The number of pyridine rings is 2. The lowest BCUT2D eigenvalue weighted by atomic mass is 10.1. The quantitative estimate of drug-likeness (QED) is 0.570. The van der Waals surface area contributed by atoms with Crippen LogP contribution < -0.4 is 10.1 Å². The number of carbonyl (C=O) groups is 1. The zero-order chi connectivity index (χ0) is 19.5. The summed E-state index contributed by atoms with van der Waals surface area (Å²) in [5.74, 6) is 1.07. The van der Waals surface area contributed by atoms with E-state index < -0.39 is 0 Å². The maximum atomic E-state index is 12.4. The van der Waals surface area contributed by atoms with Crippen LogP contribution in [0.2, 0.25) is 0 Å². The summed E-state index contributed by atoms with van der Waals surface area (Å²) in [4.78, 5) is 25.3. The Morgan fingerprint density at radius 3 is 2.86 bits per heavy atom. The molecule has 9 nitrogen and oxygen atoms in total. The summed E-state index contributed by atoms with van der Waals surface area (Å²) in [6.07, 6.45) is 9.40. The van der Waals surface area contributed by atoms with E-state index >= 15 is 0 Å². The summed E-state index contributed by atoms with van der Waals surface area (Å²) in [5.41, 5.74) is 2.61. The number of hydrogen-bond acceptors (Lipinski definition) is 7. The van der Waals surface area contributed by atoms with Gasteiger partial charge in [-0.15, -0.1) is 0 Å². The van der Waals surface area contributed by atoms with E-state index in [0.29, 0.717) is 34.2 Å². The minimum atomic E-state index is -0.374. The Morgan fingerprint density at radius 1 is 1.25 bits per heavy atom. The van der Waals surface area contributed by atoms with E-state index in [-0.39, 0.29) is 5.91 Å². The molecule has 0 radical (unpaired) electrons. The molecule has 4 rings (SSSR count). The normalized spacial score (nSPS) is 10.6. The standard InChI is InChI=1S/C19H16N6O3/c1-12-7-15(17(21-8-12)24-18(26)13-9-22-28-10-13)14-3-4-16(23-19(14)27-2)25-6-5-20-11-25/h3-11H,1-2H3,(H,21,24,26). The number of nitrogens with one attached hydrogen (secondary N) is 1. The minimum absolute atomic E-state index is 0.300. The first-order chi connectivity index (χ1) is 13.7. The molecule has 0 bridgehead atoms. The fourth-order valence-corrected chi connectivity index (χ4v) is 2.70. The summed E-state index contributed by atoms with van der Waals surface area (Å²) in [5, 5.41) is 6.33. The van der Waals surface area contributed by atoms with Crippen LogP contribution in [0.3, 0.4) is 0 Å². The smallest absolute Gasteiger partial charge is 0.261 e. The van der Waals surface area contributed by atoms with Crippen molar-refractivity contribution in [2.75, 3.05) is 12.4 Å². The van der Waals surface area contributed by atoms with E-state index in [2.05, 4.69) is 25.4 Å². The maximum absolute atomic E-state index is 12.4. The molecular weight excluding hydrogens is 360 g/mol. The SMILES string of the molecule is COc1nc(-n2ccnc2)ccc1-c1cc(C)cnc1NC(=O)c1cnoc1. The molecule has 4 aromatic heterocycles. The fraction of sp³-hybridized carbons (Fsp3) is 0.105. The molecule has 0 unspecified atom stereocenters. The highest BCUT2D eigenvalue weighted by atomic mass is 16.5. The van der Waals surface area contributed by atoms with Gasteiger partial charge in [-0.25, -0.2) is 9.97 Å². The van der Waals surface area contributed by atoms with Crippen molar-refractivity contribution in [2.24, 2.45) is 0 Å². The molecule has 0 spiro atoms. The van der Waals surface area contributed by atoms with E-state index in [1.165, 1.54) is 12.5 Å². The maximum Gasteiger partial charge on any atom is 0.261 e. The summed E-state index contributed by atoms with van der Waals surface area (Å²) in [7, 11) is 1.54. The molecule has 4 heterocycles. The first-order valence-corrected chi connectivity index (χ1v) is 8.37. The van der Waals surface area contributed by atoms with Crippen LogP contribution in [0, 0.1) is 6.92 Å². The number of aromatic nitrogens is 5. The molecule has 0 atom stereocenters. The van der Waals surface area contributed by atoms with Gasteiger partial charge in [0.05, 0.1) is 18.9 Å². The van der Waals surface area contributed by atoms with E-state index in [9.17, 15) is 4.79 Å². The number of imidazole rings is 1. The summed E-state index contributed by atoms with van der Waals surface area (Å²) >= 11 is 0. The molecule has 1 amide bonds. The predicted molar refractivity (Wildman–Crippen MR) is 100 cm³/mol. The third-order valence-electron chi connectivity index (χ3n) is 4.05. The van der Waals surface area contributed by atoms with Gasteiger partial charge in [-0.1, -0.05) is 5.16 Å². The number of nitrogens with zero attached hydrogens (tertiary/aromatic N) is 5. The number of anilines is 1. The number of rotatable bonds is 5. The van der Waals surface area contributed by atoms with Crippen molar-refractivity contribution < 1.29 is 14.1 Å². The number of ether oxygens (including phenoxy) is 1. The number of amides is 1. The lowest BCUT2D eigenvalue weighted by Crippen LogP contribution is -2.13. The number of hydrogen-bond donors (Lipinski definition) is 1. The van der Waals surface area contributed by atoms with Crippen LogP contribution >= 0.6 is 0 Å². The second-order valence-corrected chi connectivity index (χ2v) is 5.97. The second-order valence-electron chi connectivity index (χ2n) is 5.97. The van der Waals surface area contributed by atoms with Gasteiger partial charge in [-0.2, -0.15) is 4.98 Å². The van der Waals surface area contributed by atoms with Crippen molar-refractivity contribution in [1.29, 1.82) is 0 Å². The zero-order valence-corrected chi connectivity index (χ0v) is 15.2. The highest BCUT2D eigenvalue weighted by Gasteiger charge is 2.17. The molecule has 0 aromatic carbocycles. The summed E-state index contributed by atoms with van der Waals surface area (Å²) in [6, 6.07) is 5.62. The molecule has 0 aliphatic carbocycles. The summed E-state index contributed by atoms with van der Waals surface area (Å²) < 4.78 is 12.0. The average molecular weight is 376 g/mol. The Hall–Kier alpha value is -4.01. The Kier molecular flexibility index (Phi) is 4.55. The highest BCUT2D eigenvalue weighted by Crippen LogP contribution is 2.34. The van der Waals surface area contributed by atoms with Crippen LogP contribution in [-0.2, 0) is 0 Å². The molecule has 0 aliphatic rings. The number of methoxy groups -OCH3 is 1. The van der Waals surface area contributed by atoms with Crippen molar-refractivity contribution in [3.63, 3.8) is 0 Å². The largest absolute Gasteiger partial charge is 0.480 e. The molecule has 9 heteroatoms. The molecule has 4 aromatic rings. The minimum Gasteiger partial charge on any atom is -0.480 e. The predicted octanol–water partition coefficient (Wildman–Crippen LogP) is 2.89. The van der Waals surface area contributed by atoms with E-state index in [4.69, 9.17) is 9.26 Å². The van der Waals surface area contributed by atoms with E-state index in [1.807, 2.05) is 25.1 Å². The van der Waals surface area contributed by atoms with Crippen molar-refractivity contribution in [3.8, 4) is 22.8 Å². The number of aryl methyl sites for hydroxylation is 1. The molecule has 0 saturated heterocycles. The molecule has 140 valence electrons. The van der Waals surface area contributed by atoms with Crippen molar-refractivity contribution in [2.45, 2.75) is 6.92 Å². The van der Waals surface area contributed by atoms with Crippen LogP contribution in [0.4, 0.5) is 5.82 Å². The van der Waals surface area contributed by atoms with Crippen LogP contribution in [0.5, 0.6) is 5.88 Å². The van der Waals surface area contributed by atoms with Crippen LogP contribution in [0.15, 0.2) is 60.1 Å². The monoisotopic (exact) mass is 376 g/mol. The molecular formula is C19H16N6O3. The zero-order valence-electron chi connectivity index (χ0n) is 15.2. The Labute approximate surface area is 160 Å². The summed E-state index contributed by atoms with van der Waals surface area (Å²) in [6.45, 7) is 1.92. The van der Waals surface area contributed by atoms with Gasteiger partial charge in [-0.05, 0) is 30.7 Å². The van der Waals surface area contributed by atoms with Crippen molar-refractivity contribution in [3.05, 3.63) is 66.7 Å². The van der Waals surface area contributed by atoms with Gasteiger partial charge < -0.3 is 14.6 Å². The first-order valence-electron chi connectivity index (χ1n) is 8.37. The molecule has 0 saturated carbocycles. The lowest BCUT2D eigenvalue weighted by molar-refractivity contribution is 0.102. The van der Waals surface area contributed by atoms with Gasteiger partial charge in [0.2, 0.25) is 5.88 Å². The fourth-order valence-electron chi connectivity index (χ4n) is 2.70. The van der Waals surface area contributed by atoms with Crippen LogP contribution in [0.1, 0.15) is 15.9 Å². The van der Waals surface area contributed by atoms with E-state index in [0.717, 1.165) is 5.56 Å². The van der Waals surface area contributed by atoms with Gasteiger partial charge in [0.15, 0.2) is 0 Å². The van der Waals surface area contributed by atoms with Gasteiger partial charge in [0.1, 0.15) is 24.2 Å². The third-order valence-corrected chi connectivity index (χ3v) is 4.05. The Balaban J connectivity index is 1.76. The van der Waals surface area contributed by atoms with Crippen molar-refractivity contribution in [1.82, 2.24) is 24.7 Å². The Morgan fingerprint density at radius 2 is 2.14 bits per heavy atom. The highest BCUT2D eigenvalue weighted by molar-refractivity contribution is 6.05. The average Bonchev–Trinajstić information content (AvgIpc) is 3.43. The molecule has 1 N–H and O–H groups in total. The topological polar surface area (TPSA) is 108 Å². The lowest BCUT2D eigenvalue weighted by Gasteiger charge is -2.14. The van der Waals surface area contributed by atoms with Crippen LogP contribution in [-0.4, -0.2) is 37.7 Å². The van der Waals surface area contributed by atoms with Gasteiger partial charge >= 0.3 is 0 Å². The van der Waals surface area contributed by atoms with Gasteiger partial charge in [-0.3, -0.25) is 9.36 Å². The second kappa shape index (κ2) is 7.31. The first kappa shape index (κ1) is 17.4. The van der Waals surface area contributed by atoms with E-state index in [1.54, 1.807) is 36.6 Å². The van der Waals surface area contributed by atoms with Crippen LogP contribution in [0.25, 0.3) is 16.9 Å². The molecule has 28 heavy (non-hydrogen) atoms. The van der Waals surface area contributed by atoms with Crippen molar-refractivity contribution >= 4 is 11.7 Å².